The summed E-state index contributed by atoms with van der Waals surface area (Å²) in [5.74, 6) is -0.319. The molecule has 0 aromatic rings. The zero-order chi connectivity index (χ0) is 21.7. The molecule has 6 heteroatoms. The van der Waals surface area contributed by atoms with Crippen LogP contribution in [-0.2, 0) is 23.7 Å². The number of allylic oxidation sites excluding steroid dienone is 1. The number of carbonyl (C=O) groups is 1. The van der Waals surface area contributed by atoms with Crippen LogP contribution in [-0.4, -0.2) is 49.6 Å². The first-order valence-corrected chi connectivity index (χ1v) is 11.7. The van der Waals surface area contributed by atoms with Gasteiger partial charge in [-0.1, -0.05) is 45.8 Å². The summed E-state index contributed by atoms with van der Waals surface area (Å²) < 4.78 is 23.0. The van der Waals surface area contributed by atoms with Crippen molar-refractivity contribution in [1.82, 2.24) is 0 Å². The van der Waals surface area contributed by atoms with E-state index >= 15 is 0 Å². The highest BCUT2D eigenvalue weighted by atomic mass is 16.7. The van der Waals surface area contributed by atoms with Crippen molar-refractivity contribution in [2.45, 2.75) is 96.9 Å². The lowest BCUT2D eigenvalue weighted by atomic mass is 9.79. The maximum absolute atomic E-state index is 12.4. The lowest BCUT2D eigenvalue weighted by Crippen LogP contribution is -2.36. The number of rotatable bonds is 9. The first-order valence-electron chi connectivity index (χ1n) is 11.7. The average Bonchev–Trinajstić information content (AvgIpc) is 3.25. The number of methoxy groups -OCH3 is 1. The van der Waals surface area contributed by atoms with Crippen molar-refractivity contribution in [3.8, 4) is 0 Å². The molecule has 0 aromatic carbocycles. The summed E-state index contributed by atoms with van der Waals surface area (Å²) in [6, 6.07) is 0. The van der Waals surface area contributed by atoms with E-state index in [4.69, 9.17) is 18.9 Å². The van der Waals surface area contributed by atoms with Gasteiger partial charge in [0.25, 0.3) is 0 Å². The summed E-state index contributed by atoms with van der Waals surface area (Å²) in [6.07, 6.45) is 10.8. The molecule has 2 aliphatic heterocycles. The van der Waals surface area contributed by atoms with Gasteiger partial charge in [-0.15, -0.1) is 0 Å². The van der Waals surface area contributed by atoms with Gasteiger partial charge >= 0.3 is 5.97 Å². The molecule has 1 N–H and O–H groups in total. The molecule has 30 heavy (non-hydrogen) atoms. The molecule has 0 bridgehead atoms. The summed E-state index contributed by atoms with van der Waals surface area (Å²) >= 11 is 0. The minimum atomic E-state index is -0.738. The van der Waals surface area contributed by atoms with Gasteiger partial charge in [-0.2, -0.15) is 0 Å². The molecule has 2 heterocycles. The van der Waals surface area contributed by atoms with Crippen LogP contribution in [0.25, 0.3) is 0 Å². The fourth-order valence-electron chi connectivity index (χ4n) is 5.24. The van der Waals surface area contributed by atoms with Crippen LogP contribution in [0.2, 0.25) is 0 Å². The lowest BCUT2D eigenvalue weighted by molar-refractivity contribution is -0.197. The predicted molar refractivity (Wildman–Crippen MR) is 114 cm³/mol. The Morgan fingerprint density at radius 1 is 1.30 bits per heavy atom. The Bertz CT molecular complexity index is 582. The standard InChI is InChI=1S/C24H40O6/c1-5-6-12-24(2,3)20(30-22-9-7-8-13-28-22)11-10-16-17-15-21(25)29-19(17)14-18(16)23(26)27-4/h10-11,16-22,25H,5-9,12-15H2,1-4H3/b11-10+. The van der Waals surface area contributed by atoms with Gasteiger partial charge in [-0.25, -0.2) is 0 Å². The monoisotopic (exact) mass is 424 g/mol. The number of esters is 1. The van der Waals surface area contributed by atoms with Gasteiger partial charge in [0.2, 0.25) is 0 Å². The minimum Gasteiger partial charge on any atom is -0.469 e. The summed E-state index contributed by atoms with van der Waals surface area (Å²) in [6.45, 7) is 7.45. The quantitative estimate of drug-likeness (QED) is 0.442. The van der Waals surface area contributed by atoms with Crippen molar-refractivity contribution in [2.24, 2.45) is 23.2 Å². The van der Waals surface area contributed by atoms with Gasteiger partial charge in [0.05, 0.1) is 25.2 Å². The molecule has 2 saturated heterocycles. The highest BCUT2D eigenvalue weighted by Crippen LogP contribution is 2.47. The molecule has 1 saturated carbocycles. The van der Waals surface area contributed by atoms with Crippen LogP contribution in [0.1, 0.15) is 72.1 Å². The highest BCUT2D eigenvalue weighted by molar-refractivity contribution is 5.73. The number of hydrogen-bond acceptors (Lipinski definition) is 6. The number of fused-ring (bicyclic) bond motifs is 1. The van der Waals surface area contributed by atoms with E-state index in [0.29, 0.717) is 12.8 Å². The molecule has 6 nitrogen and oxygen atoms in total. The third-order valence-electron chi connectivity index (χ3n) is 7.12. The number of aliphatic hydroxyl groups is 1. The lowest BCUT2D eigenvalue weighted by Gasteiger charge is -2.36. The molecule has 172 valence electrons. The van der Waals surface area contributed by atoms with E-state index < -0.39 is 6.29 Å². The Hall–Kier alpha value is -0.950. The normalized spacial score (nSPS) is 35.5. The van der Waals surface area contributed by atoms with Crippen LogP contribution in [0.4, 0.5) is 0 Å². The number of hydrogen-bond donors (Lipinski definition) is 1. The first-order chi connectivity index (χ1) is 14.4. The fraction of sp³-hybridized carbons (Fsp3) is 0.875. The summed E-state index contributed by atoms with van der Waals surface area (Å²) in [5.41, 5.74) is -0.0439. The Morgan fingerprint density at radius 2 is 2.10 bits per heavy atom. The topological polar surface area (TPSA) is 74.2 Å². The van der Waals surface area contributed by atoms with Gasteiger partial charge in [-0.3, -0.25) is 4.79 Å². The molecule has 0 amide bonds. The number of ether oxygens (including phenoxy) is 4. The van der Waals surface area contributed by atoms with Gasteiger partial charge in [0.1, 0.15) is 0 Å². The number of aliphatic hydroxyl groups excluding tert-OH is 1. The Balaban J connectivity index is 1.78. The first kappa shape index (κ1) is 23.7. The van der Waals surface area contributed by atoms with Crippen molar-refractivity contribution in [3.63, 3.8) is 0 Å². The van der Waals surface area contributed by atoms with Crippen LogP contribution in [0, 0.1) is 23.2 Å². The van der Waals surface area contributed by atoms with Crippen molar-refractivity contribution < 1.29 is 28.8 Å². The second-order valence-corrected chi connectivity index (χ2v) is 9.80. The number of unbranched alkanes of at least 4 members (excludes halogenated alkanes) is 1. The molecular weight excluding hydrogens is 384 g/mol. The second-order valence-electron chi connectivity index (χ2n) is 9.80. The third kappa shape index (κ3) is 5.64. The minimum absolute atomic E-state index is 0.0139. The van der Waals surface area contributed by atoms with Gasteiger partial charge in [0, 0.05) is 13.0 Å². The SMILES string of the molecule is CCCCC(C)(C)C(/C=C/C1C(C(=O)OC)CC2OC(O)CC21)OC1CCCCO1. The molecule has 7 atom stereocenters. The van der Waals surface area contributed by atoms with Crippen LogP contribution in [0.5, 0.6) is 0 Å². The molecule has 1 aliphatic carbocycles. The van der Waals surface area contributed by atoms with Crippen LogP contribution in [0.15, 0.2) is 12.2 Å². The molecule has 7 unspecified atom stereocenters. The van der Waals surface area contributed by atoms with E-state index in [1.165, 1.54) is 7.11 Å². The van der Waals surface area contributed by atoms with Crippen molar-refractivity contribution in [3.05, 3.63) is 12.2 Å². The summed E-state index contributed by atoms with van der Waals surface area (Å²) in [4.78, 5) is 12.4. The Kier molecular flexibility index (Phi) is 8.36. The van der Waals surface area contributed by atoms with Gasteiger partial charge in [-0.05, 0) is 49.4 Å². The Labute approximate surface area is 181 Å². The molecule has 0 radical (unpaired) electrons. The Morgan fingerprint density at radius 3 is 2.77 bits per heavy atom. The summed E-state index contributed by atoms with van der Waals surface area (Å²) in [5, 5.41) is 9.95. The number of carbonyl (C=O) groups excluding carboxylic acids is 1. The molecule has 0 spiro atoms. The summed E-state index contributed by atoms with van der Waals surface area (Å²) in [7, 11) is 1.44. The predicted octanol–water partition coefficient (Wildman–Crippen LogP) is 4.20. The van der Waals surface area contributed by atoms with E-state index in [9.17, 15) is 9.90 Å². The largest absolute Gasteiger partial charge is 0.469 e. The van der Waals surface area contributed by atoms with Gasteiger partial charge < -0.3 is 24.1 Å². The van der Waals surface area contributed by atoms with E-state index in [0.717, 1.165) is 45.1 Å². The second kappa shape index (κ2) is 10.6. The van der Waals surface area contributed by atoms with Crippen LogP contribution < -0.4 is 0 Å². The molecule has 3 rings (SSSR count). The molecule has 3 fully saturated rings. The van der Waals surface area contributed by atoms with Crippen LogP contribution >= 0.6 is 0 Å². The maximum Gasteiger partial charge on any atom is 0.309 e. The molecule has 0 aromatic heterocycles. The van der Waals surface area contributed by atoms with E-state index in [-0.39, 0.29) is 47.6 Å². The van der Waals surface area contributed by atoms with E-state index in [2.05, 4.69) is 32.9 Å². The van der Waals surface area contributed by atoms with E-state index in [1.807, 2.05) is 0 Å². The smallest absolute Gasteiger partial charge is 0.309 e. The third-order valence-corrected chi connectivity index (χ3v) is 7.12. The molecule has 3 aliphatic rings. The van der Waals surface area contributed by atoms with E-state index in [1.54, 1.807) is 0 Å². The van der Waals surface area contributed by atoms with Crippen molar-refractivity contribution in [2.75, 3.05) is 13.7 Å². The van der Waals surface area contributed by atoms with Crippen molar-refractivity contribution in [1.29, 1.82) is 0 Å². The zero-order valence-corrected chi connectivity index (χ0v) is 19.0. The highest BCUT2D eigenvalue weighted by Gasteiger charge is 2.51. The molecular formula is C24H40O6. The fourth-order valence-corrected chi connectivity index (χ4v) is 5.24. The van der Waals surface area contributed by atoms with Gasteiger partial charge in [0.15, 0.2) is 12.6 Å². The van der Waals surface area contributed by atoms with Crippen molar-refractivity contribution >= 4 is 5.97 Å². The average molecular weight is 425 g/mol. The van der Waals surface area contributed by atoms with Crippen LogP contribution in [0.3, 0.4) is 0 Å². The zero-order valence-electron chi connectivity index (χ0n) is 19.0. The maximum atomic E-state index is 12.4.